The monoisotopic (exact) mass is 1220 g/mol. The number of carbonyl (C=O) groups excluding carboxylic acids is 2. The van der Waals surface area contributed by atoms with Crippen LogP contribution in [0.1, 0.15) is 309 Å². The second-order valence-corrected chi connectivity index (χ2v) is 25.2. The number of aliphatic carboxylic acids is 1. The van der Waals surface area contributed by atoms with E-state index in [4.69, 9.17) is 18.9 Å². The molecule has 0 radical (unpaired) electrons. The Morgan fingerprint density at radius 2 is 0.655 bits per heavy atom. The Labute approximate surface area is 536 Å². The van der Waals surface area contributed by atoms with E-state index in [-0.39, 0.29) is 38.6 Å². The van der Waals surface area contributed by atoms with E-state index in [1.807, 2.05) is 21.1 Å². The van der Waals surface area contributed by atoms with Gasteiger partial charge in [0.25, 0.3) is 6.29 Å². The number of nitrogens with zero attached hydrogens (tertiary/aromatic N) is 1. The summed E-state index contributed by atoms with van der Waals surface area (Å²) in [6, 6.07) is 0. The second-order valence-electron chi connectivity index (χ2n) is 25.2. The highest BCUT2D eigenvalue weighted by Gasteiger charge is 2.25. The lowest BCUT2D eigenvalue weighted by Crippen LogP contribution is -2.40. The number of hydrogen-bond acceptors (Lipinski definition) is 7. The number of ether oxygens (including phenoxy) is 4. The van der Waals surface area contributed by atoms with Crippen LogP contribution in [-0.4, -0.2) is 87.4 Å². The van der Waals surface area contributed by atoms with Crippen molar-refractivity contribution in [3.05, 3.63) is 109 Å². The van der Waals surface area contributed by atoms with Gasteiger partial charge in [-0.3, -0.25) is 9.59 Å². The molecule has 0 aromatic carbocycles. The van der Waals surface area contributed by atoms with Crippen molar-refractivity contribution < 1.29 is 42.9 Å². The van der Waals surface area contributed by atoms with E-state index in [0.717, 1.165) is 77.0 Å². The van der Waals surface area contributed by atoms with Crippen LogP contribution in [0.2, 0.25) is 0 Å². The van der Waals surface area contributed by atoms with E-state index in [9.17, 15) is 19.5 Å². The summed E-state index contributed by atoms with van der Waals surface area (Å²) in [6.45, 7) is 4.73. The van der Waals surface area contributed by atoms with Crippen molar-refractivity contribution in [1.29, 1.82) is 0 Å². The third-order valence-corrected chi connectivity index (χ3v) is 15.5. The maximum Gasteiger partial charge on any atom is 0.361 e. The van der Waals surface area contributed by atoms with E-state index in [1.54, 1.807) is 0 Å². The molecular formula is C78H136NO8+. The highest BCUT2D eigenvalue weighted by atomic mass is 16.7. The minimum atomic E-state index is -1.53. The first-order valence-corrected chi connectivity index (χ1v) is 36.1. The summed E-state index contributed by atoms with van der Waals surface area (Å²) in [5.41, 5.74) is 0. The normalized spacial score (nSPS) is 13.3. The molecule has 0 spiro atoms. The Kier molecular flexibility index (Phi) is 64.7. The predicted octanol–water partition coefficient (Wildman–Crippen LogP) is 22.6. The third-order valence-electron chi connectivity index (χ3n) is 15.5. The quantitative estimate of drug-likeness (QED) is 0.0211. The molecule has 9 heteroatoms. The lowest BCUT2D eigenvalue weighted by molar-refractivity contribution is -0.870. The fourth-order valence-electron chi connectivity index (χ4n) is 10.1. The lowest BCUT2D eigenvalue weighted by Gasteiger charge is -2.25. The molecule has 9 nitrogen and oxygen atoms in total. The van der Waals surface area contributed by atoms with Crippen molar-refractivity contribution in [3.63, 3.8) is 0 Å². The van der Waals surface area contributed by atoms with Crippen LogP contribution in [0.25, 0.3) is 0 Å². The largest absolute Gasteiger partial charge is 0.477 e. The molecule has 0 amide bonds. The maximum absolute atomic E-state index is 12.9. The number of carboxylic acid groups (broad SMARTS) is 1. The molecule has 0 heterocycles. The Morgan fingerprint density at radius 3 is 0.966 bits per heavy atom. The SMILES string of the molecule is CC/C=C\C/C=C\C/C=C\C/C=C\C/C=C\C/C=C\C/C=C\C/C=C\C/C=C\CCCC(=O)OC(COC(=O)CCCCCCCCCCCCCCCCCCCCCCCCCCCCCCCCCCC)COC(OCC[N+](C)(C)C)C(=O)O. The molecule has 87 heavy (non-hydrogen) atoms. The van der Waals surface area contributed by atoms with Crippen molar-refractivity contribution in [2.45, 2.75) is 322 Å². The van der Waals surface area contributed by atoms with Crippen LogP contribution in [0.5, 0.6) is 0 Å². The predicted molar refractivity (Wildman–Crippen MR) is 373 cm³/mol. The molecule has 0 aliphatic rings. The molecule has 0 saturated carbocycles. The minimum Gasteiger partial charge on any atom is -0.477 e. The van der Waals surface area contributed by atoms with Crippen molar-refractivity contribution >= 4 is 17.9 Å². The number of allylic oxidation sites excluding steroid dienone is 18. The molecule has 0 aliphatic carbocycles. The van der Waals surface area contributed by atoms with E-state index < -0.39 is 24.3 Å². The summed E-state index contributed by atoms with van der Waals surface area (Å²) in [4.78, 5) is 37.6. The molecule has 0 saturated heterocycles. The molecular weight excluding hydrogens is 1080 g/mol. The van der Waals surface area contributed by atoms with Gasteiger partial charge in [-0.2, -0.15) is 0 Å². The first-order valence-electron chi connectivity index (χ1n) is 36.1. The molecule has 500 valence electrons. The first kappa shape index (κ1) is 83.0. The number of hydrogen-bond donors (Lipinski definition) is 1. The first-order chi connectivity index (χ1) is 42.6. The standard InChI is InChI=1S/C78H135NO8/c1-6-8-10-12-14-16-18-20-22-24-26-28-30-32-34-36-37-38-39-41-42-44-46-48-50-52-54-56-58-60-62-64-66-68-75(80)85-72-74(73-86-78(77(82)83)84-71-70-79(3,4)5)87-76(81)69-67-65-63-61-59-57-55-53-51-49-47-45-43-40-35-33-31-29-27-25-23-21-19-17-15-13-11-9-7-2/h9,11,15,17,21,23,27,29,33,35,43,45,49,51,55,57,61,63,74,78H,6-8,10,12-14,16,18-20,22,24-26,28,30-32,34,36-42,44,46-48,50,52-54,56,58-60,62,64-73H2,1-5H3/p+1/b11-9-,17-15-,23-21-,29-27-,35-33-,45-43-,51-49-,57-55-,63-61-. The van der Waals surface area contributed by atoms with Gasteiger partial charge in [0, 0.05) is 12.8 Å². The maximum atomic E-state index is 12.9. The molecule has 1 N–H and O–H groups in total. The van der Waals surface area contributed by atoms with Crippen LogP contribution in [0, 0.1) is 0 Å². The Balaban J connectivity index is 4.17. The highest BCUT2D eigenvalue weighted by Crippen LogP contribution is 2.18. The van der Waals surface area contributed by atoms with Crippen molar-refractivity contribution in [2.24, 2.45) is 0 Å². The van der Waals surface area contributed by atoms with Crippen molar-refractivity contribution in [2.75, 3.05) is 47.5 Å². The number of carbonyl (C=O) groups is 3. The summed E-state index contributed by atoms with van der Waals surface area (Å²) < 4.78 is 22.9. The zero-order valence-corrected chi connectivity index (χ0v) is 57.2. The summed E-state index contributed by atoms with van der Waals surface area (Å²) in [6.07, 6.45) is 92.3. The third kappa shape index (κ3) is 69.3. The Morgan fingerprint density at radius 1 is 0.356 bits per heavy atom. The Bertz CT molecular complexity index is 1800. The molecule has 0 rings (SSSR count). The van der Waals surface area contributed by atoms with Gasteiger partial charge in [-0.1, -0.05) is 329 Å². The van der Waals surface area contributed by atoms with Crippen LogP contribution in [0.15, 0.2) is 109 Å². The average molecular weight is 1220 g/mol. The smallest absolute Gasteiger partial charge is 0.361 e. The molecule has 2 unspecified atom stereocenters. The van der Waals surface area contributed by atoms with Gasteiger partial charge >= 0.3 is 17.9 Å². The van der Waals surface area contributed by atoms with E-state index >= 15 is 0 Å². The topological polar surface area (TPSA) is 108 Å². The van der Waals surface area contributed by atoms with Crippen LogP contribution in [0.4, 0.5) is 0 Å². The number of rotatable bonds is 66. The molecule has 0 aromatic heterocycles. The van der Waals surface area contributed by atoms with Gasteiger partial charge in [-0.15, -0.1) is 0 Å². The van der Waals surface area contributed by atoms with Crippen molar-refractivity contribution in [1.82, 2.24) is 0 Å². The van der Waals surface area contributed by atoms with Gasteiger partial charge in [0.15, 0.2) is 6.10 Å². The number of carboxylic acids is 1. The van der Waals surface area contributed by atoms with E-state index in [0.29, 0.717) is 23.9 Å². The molecule has 2 atom stereocenters. The molecule has 0 fully saturated rings. The Hall–Kier alpha value is -4.05. The van der Waals surface area contributed by atoms with Crippen molar-refractivity contribution in [3.8, 4) is 0 Å². The fraction of sp³-hybridized carbons (Fsp3) is 0.731. The number of unbranched alkanes of at least 4 members (excludes halogenated alkanes) is 33. The summed E-state index contributed by atoms with van der Waals surface area (Å²) in [5.74, 6) is -2.08. The zero-order valence-electron chi connectivity index (χ0n) is 57.2. The summed E-state index contributed by atoms with van der Waals surface area (Å²) in [5, 5.41) is 9.74. The van der Waals surface area contributed by atoms with Gasteiger partial charge in [0.2, 0.25) is 0 Å². The number of quaternary nitrogens is 1. The van der Waals surface area contributed by atoms with Gasteiger partial charge in [-0.25, -0.2) is 4.79 Å². The van der Waals surface area contributed by atoms with Gasteiger partial charge in [0.1, 0.15) is 13.2 Å². The number of esters is 2. The van der Waals surface area contributed by atoms with Crippen LogP contribution in [0.3, 0.4) is 0 Å². The van der Waals surface area contributed by atoms with Gasteiger partial charge in [0.05, 0.1) is 34.4 Å². The molecule has 0 bridgehead atoms. The lowest BCUT2D eigenvalue weighted by atomic mass is 10.0. The van der Waals surface area contributed by atoms with Crippen LogP contribution in [-0.2, 0) is 33.3 Å². The van der Waals surface area contributed by atoms with E-state index in [2.05, 4.69) is 123 Å². The summed E-state index contributed by atoms with van der Waals surface area (Å²) in [7, 11) is 5.96. The van der Waals surface area contributed by atoms with Crippen LogP contribution >= 0.6 is 0 Å². The van der Waals surface area contributed by atoms with Crippen LogP contribution < -0.4 is 0 Å². The minimum absolute atomic E-state index is 0.172. The highest BCUT2D eigenvalue weighted by molar-refractivity contribution is 5.71. The average Bonchev–Trinajstić information content (AvgIpc) is 3.57. The fourth-order valence-corrected chi connectivity index (χ4v) is 10.1. The summed E-state index contributed by atoms with van der Waals surface area (Å²) >= 11 is 0. The number of likely N-dealkylation sites (N-methyl/N-ethyl adjacent to an activating group) is 1. The molecule has 0 aliphatic heterocycles. The second kappa shape index (κ2) is 67.9. The molecule has 0 aromatic rings. The van der Waals surface area contributed by atoms with Gasteiger partial charge < -0.3 is 28.5 Å². The zero-order chi connectivity index (χ0) is 63.3. The van der Waals surface area contributed by atoms with E-state index in [1.165, 1.54) is 193 Å². The van der Waals surface area contributed by atoms with Gasteiger partial charge in [-0.05, 0) is 77.0 Å².